The van der Waals surface area contributed by atoms with Crippen LogP contribution < -0.4 is 11.1 Å². The zero-order chi connectivity index (χ0) is 28.3. The molecule has 0 spiro atoms. The molecule has 3 heterocycles. The number of fused-ring (bicyclic) bond motifs is 1. The summed E-state index contributed by atoms with van der Waals surface area (Å²) in [6.07, 6.45) is 4.26. The second-order valence-corrected chi connectivity index (χ2v) is 11.1. The highest BCUT2D eigenvalue weighted by molar-refractivity contribution is 6.05. The SMILES string of the molecule is Cc1[nH]nc2c1C(=O)C(c1ccc(C(N)=O)c(NCCN(Cc3ccccn3)Cc3ccccn3)c1)C(C)(C)C2. The summed E-state index contributed by atoms with van der Waals surface area (Å²) in [5, 5.41) is 10.8. The van der Waals surface area contributed by atoms with E-state index in [1.54, 1.807) is 18.5 Å². The number of anilines is 1. The number of amides is 1. The van der Waals surface area contributed by atoms with Gasteiger partial charge in [-0.05, 0) is 60.7 Å². The summed E-state index contributed by atoms with van der Waals surface area (Å²) in [7, 11) is 0. The van der Waals surface area contributed by atoms with Gasteiger partial charge in [-0.2, -0.15) is 5.10 Å². The van der Waals surface area contributed by atoms with Gasteiger partial charge in [0.05, 0.1) is 34.1 Å². The van der Waals surface area contributed by atoms with Gasteiger partial charge in [-0.3, -0.25) is 29.6 Å². The van der Waals surface area contributed by atoms with E-state index >= 15 is 0 Å². The number of Topliss-reactive ketones (excluding diaryl/α,β-unsaturated/α-hetero) is 1. The smallest absolute Gasteiger partial charge is 0.250 e. The molecule has 0 fully saturated rings. The Bertz CT molecular complexity index is 1460. The quantitative estimate of drug-likeness (QED) is 0.275. The predicted molar refractivity (Wildman–Crippen MR) is 154 cm³/mol. The van der Waals surface area contributed by atoms with Crippen LogP contribution in [0.2, 0.25) is 0 Å². The number of nitrogens with one attached hydrogen (secondary N) is 2. The molecule has 0 radical (unpaired) electrons. The monoisotopic (exact) mass is 537 g/mol. The number of aryl methyl sites for hydroxylation is 1. The van der Waals surface area contributed by atoms with Gasteiger partial charge in [-0.15, -0.1) is 0 Å². The number of carbonyl (C=O) groups is 2. The summed E-state index contributed by atoms with van der Waals surface area (Å²) in [5.41, 5.74) is 11.5. The number of hydrogen-bond acceptors (Lipinski definition) is 7. The number of aromatic nitrogens is 4. The van der Waals surface area contributed by atoms with E-state index in [-0.39, 0.29) is 17.1 Å². The Morgan fingerprint density at radius 1 is 1.07 bits per heavy atom. The third-order valence-corrected chi connectivity index (χ3v) is 7.54. The molecule has 1 unspecified atom stereocenters. The molecule has 1 aliphatic carbocycles. The number of rotatable bonds is 10. The summed E-state index contributed by atoms with van der Waals surface area (Å²) in [6.45, 7) is 8.58. The number of H-pyrrole nitrogens is 1. The molecule has 9 heteroatoms. The van der Waals surface area contributed by atoms with Crippen molar-refractivity contribution in [3.8, 4) is 0 Å². The normalized spacial score (nSPS) is 16.1. The molecule has 40 heavy (non-hydrogen) atoms. The maximum absolute atomic E-state index is 13.7. The Morgan fingerprint density at radius 2 is 1.75 bits per heavy atom. The average Bonchev–Trinajstić information content (AvgIpc) is 3.29. The summed E-state index contributed by atoms with van der Waals surface area (Å²) in [5.74, 6) is -0.842. The molecule has 206 valence electrons. The highest BCUT2D eigenvalue weighted by Crippen LogP contribution is 2.46. The molecule has 5 rings (SSSR count). The molecule has 4 aromatic rings. The number of pyridine rings is 2. The van der Waals surface area contributed by atoms with Gasteiger partial charge in [0.2, 0.25) is 0 Å². The lowest BCUT2D eigenvalue weighted by Gasteiger charge is -2.37. The lowest BCUT2D eigenvalue weighted by atomic mass is 9.64. The van der Waals surface area contributed by atoms with Crippen molar-refractivity contribution < 1.29 is 9.59 Å². The summed E-state index contributed by atoms with van der Waals surface area (Å²) < 4.78 is 0. The number of aromatic amines is 1. The first-order valence-electron chi connectivity index (χ1n) is 13.5. The maximum Gasteiger partial charge on any atom is 0.250 e. The third-order valence-electron chi connectivity index (χ3n) is 7.54. The van der Waals surface area contributed by atoms with Crippen LogP contribution in [0, 0.1) is 12.3 Å². The molecule has 0 saturated heterocycles. The predicted octanol–water partition coefficient (Wildman–Crippen LogP) is 4.27. The van der Waals surface area contributed by atoms with Crippen LogP contribution in [0.5, 0.6) is 0 Å². The second kappa shape index (κ2) is 11.4. The standard InChI is InChI=1S/C31H35N7O2/c1-20-27-26(37-36-20)17-31(2,3)28(29(27)39)21-10-11-24(30(32)40)25(16-21)35-14-15-38(18-22-8-4-6-12-33-22)19-23-9-5-7-13-34-23/h4-13,16,28,35H,14-15,17-19H2,1-3H3,(H2,32,40)(H,36,37). The van der Waals surface area contributed by atoms with Gasteiger partial charge in [0.1, 0.15) is 0 Å². The number of ketones is 1. The van der Waals surface area contributed by atoms with Gasteiger partial charge < -0.3 is 11.1 Å². The number of primary amides is 1. The van der Waals surface area contributed by atoms with Crippen LogP contribution >= 0.6 is 0 Å². The molecular formula is C31H35N7O2. The van der Waals surface area contributed by atoms with Crippen molar-refractivity contribution in [1.82, 2.24) is 25.1 Å². The molecule has 1 amide bonds. The van der Waals surface area contributed by atoms with E-state index in [1.165, 1.54) is 0 Å². The van der Waals surface area contributed by atoms with Crippen LogP contribution in [0.25, 0.3) is 0 Å². The molecule has 9 nitrogen and oxygen atoms in total. The lowest BCUT2D eigenvalue weighted by molar-refractivity contribution is 0.0859. The zero-order valence-electron chi connectivity index (χ0n) is 23.1. The highest BCUT2D eigenvalue weighted by atomic mass is 16.1. The Hall–Kier alpha value is -4.37. The van der Waals surface area contributed by atoms with Crippen molar-refractivity contribution in [3.05, 3.63) is 106 Å². The number of nitrogens with two attached hydrogens (primary N) is 1. The van der Waals surface area contributed by atoms with Gasteiger partial charge in [-0.25, -0.2) is 0 Å². The van der Waals surface area contributed by atoms with E-state index in [1.807, 2.05) is 55.5 Å². The van der Waals surface area contributed by atoms with Crippen LogP contribution in [-0.2, 0) is 19.5 Å². The van der Waals surface area contributed by atoms with Crippen LogP contribution in [0.15, 0.2) is 67.0 Å². The van der Waals surface area contributed by atoms with Crippen LogP contribution in [0.3, 0.4) is 0 Å². The maximum atomic E-state index is 13.7. The van der Waals surface area contributed by atoms with Crippen LogP contribution in [0.4, 0.5) is 5.69 Å². The molecule has 0 saturated carbocycles. The minimum absolute atomic E-state index is 0.0483. The van der Waals surface area contributed by atoms with E-state index in [0.717, 1.165) is 28.3 Å². The molecule has 1 atom stereocenters. The van der Waals surface area contributed by atoms with Crippen LogP contribution in [-0.4, -0.2) is 49.8 Å². The molecule has 4 N–H and O–H groups in total. The summed E-state index contributed by atoms with van der Waals surface area (Å²) in [4.78, 5) is 37.3. The minimum Gasteiger partial charge on any atom is -0.383 e. The molecule has 0 aliphatic heterocycles. The number of benzene rings is 1. The Morgan fingerprint density at radius 3 is 2.35 bits per heavy atom. The van der Waals surface area contributed by atoms with Crippen molar-refractivity contribution in [2.24, 2.45) is 11.1 Å². The van der Waals surface area contributed by atoms with E-state index in [0.29, 0.717) is 49.4 Å². The zero-order valence-corrected chi connectivity index (χ0v) is 23.1. The molecular weight excluding hydrogens is 502 g/mol. The Labute approximate surface area is 234 Å². The number of nitrogens with zero attached hydrogens (tertiary/aromatic N) is 4. The first-order valence-corrected chi connectivity index (χ1v) is 13.5. The van der Waals surface area contributed by atoms with Crippen molar-refractivity contribution in [2.75, 3.05) is 18.4 Å². The second-order valence-electron chi connectivity index (χ2n) is 11.1. The average molecular weight is 538 g/mol. The number of carbonyl (C=O) groups excluding carboxylic acids is 2. The molecule has 3 aromatic heterocycles. The van der Waals surface area contributed by atoms with Gasteiger partial charge in [-0.1, -0.05) is 32.0 Å². The van der Waals surface area contributed by atoms with Gasteiger partial charge in [0.25, 0.3) is 5.91 Å². The van der Waals surface area contributed by atoms with Crippen molar-refractivity contribution in [2.45, 2.75) is 46.2 Å². The van der Waals surface area contributed by atoms with Crippen molar-refractivity contribution >= 4 is 17.4 Å². The van der Waals surface area contributed by atoms with Gasteiger partial charge in [0.15, 0.2) is 5.78 Å². The fraction of sp³-hybridized carbons (Fsp3) is 0.323. The molecule has 1 aromatic carbocycles. The fourth-order valence-corrected chi connectivity index (χ4v) is 5.68. The van der Waals surface area contributed by atoms with Gasteiger partial charge >= 0.3 is 0 Å². The van der Waals surface area contributed by atoms with Gasteiger partial charge in [0, 0.05) is 50.0 Å². The summed E-state index contributed by atoms with van der Waals surface area (Å²) >= 11 is 0. The van der Waals surface area contributed by atoms with E-state index in [4.69, 9.17) is 5.73 Å². The highest BCUT2D eigenvalue weighted by Gasteiger charge is 2.44. The first-order chi connectivity index (χ1) is 19.2. The van der Waals surface area contributed by atoms with E-state index in [2.05, 4.69) is 44.2 Å². The fourth-order valence-electron chi connectivity index (χ4n) is 5.68. The van der Waals surface area contributed by atoms with E-state index < -0.39 is 5.91 Å². The Balaban J connectivity index is 1.37. The van der Waals surface area contributed by atoms with Crippen molar-refractivity contribution in [1.29, 1.82) is 0 Å². The first kappa shape index (κ1) is 27.2. The minimum atomic E-state index is -0.518. The topological polar surface area (TPSA) is 130 Å². The largest absolute Gasteiger partial charge is 0.383 e. The van der Waals surface area contributed by atoms with E-state index in [9.17, 15) is 9.59 Å². The molecule has 1 aliphatic rings. The molecule has 0 bridgehead atoms. The van der Waals surface area contributed by atoms with Crippen molar-refractivity contribution in [3.63, 3.8) is 0 Å². The Kier molecular flexibility index (Phi) is 7.75. The lowest BCUT2D eigenvalue weighted by Crippen LogP contribution is -2.36. The number of hydrogen-bond donors (Lipinski definition) is 3. The third kappa shape index (κ3) is 5.79. The summed E-state index contributed by atoms with van der Waals surface area (Å²) in [6, 6.07) is 17.3. The van der Waals surface area contributed by atoms with Crippen LogP contribution in [0.1, 0.15) is 68.8 Å².